The second kappa shape index (κ2) is 8.96. The molecule has 3 aromatic rings. The van der Waals surface area contributed by atoms with Gasteiger partial charge in [-0.1, -0.05) is 30.3 Å². The molecule has 0 aromatic heterocycles. The monoisotopic (exact) mass is 458 g/mol. The Bertz CT molecular complexity index is 1230. The lowest BCUT2D eigenvalue weighted by Gasteiger charge is -2.26. The molecule has 9 heteroatoms. The molecule has 0 bridgehead atoms. The third kappa shape index (κ3) is 4.72. The Balaban J connectivity index is 1.53. The van der Waals surface area contributed by atoms with Crippen molar-refractivity contribution in [2.45, 2.75) is 24.0 Å². The number of benzene rings is 3. The molecule has 4 rings (SSSR count). The summed E-state index contributed by atoms with van der Waals surface area (Å²) in [5.74, 6) is -0.366. The third-order valence-corrected chi connectivity index (χ3v) is 6.96. The minimum absolute atomic E-state index is 0.0301. The molecule has 1 aliphatic heterocycles. The van der Waals surface area contributed by atoms with Crippen LogP contribution >= 0.6 is 0 Å². The number of carbonyl (C=O) groups excluding carboxylic acids is 1. The average Bonchev–Trinajstić information content (AvgIpc) is 2.77. The molecule has 3 aromatic carbocycles. The van der Waals surface area contributed by atoms with Crippen LogP contribution in [0.5, 0.6) is 5.75 Å². The van der Waals surface area contributed by atoms with Crippen LogP contribution in [0.3, 0.4) is 0 Å². The molecule has 0 saturated heterocycles. The molecule has 1 aliphatic rings. The topological polar surface area (TPSA) is 84.5 Å². The highest BCUT2D eigenvalue weighted by Crippen LogP contribution is 2.32. The van der Waals surface area contributed by atoms with E-state index in [1.165, 1.54) is 12.1 Å². The first-order valence-corrected chi connectivity index (χ1v) is 11.5. The van der Waals surface area contributed by atoms with Crippen molar-refractivity contribution >= 4 is 27.1 Å². The van der Waals surface area contributed by atoms with E-state index in [0.29, 0.717) is 22.5 Å². The molecule has 2 N–H and O–H groups in total. The van der Waals surface area contributed by atoms with Crippen molar-refractivity contribution in [3.8, 4) is 5.75 Å². The van der Waals surface area contributed by atoms with Gasteiger partial charge in [0.25, 0.3) is 5.91 Å². The largest absolute Gasteiger partial charge is 0.435 e. The second-order valence-corrected chi connectivity index (χ2v) is 9.32. The number of amides is 1. The summed E-state index contributed by atoms with van der Waals surface area (Å²) in [6.45, 7) is -2.90. The molecule has 0 radical (unpaired) electrons. The predicted octanol–water partition coefficient (Wildman–Crippen LogP) is 4.68. The lowest BCUT2D eigenvalue weighted by Crippen LogP contribution is -2.34. The van der Waals surface area contributed by atoms with E-state index in [4.69, 9.17) is 0 Å². The Morgan fingerprint density at radius 2 is 1.66 bits per heavy atom. The van der Waals surface area contributed by atoms with Gasteiger partial charge in [0.1, 0.15) is 5.75 Å². The van der Waals surface area contributed by atoms with Crippen LogP contribution in [0.25, 0.3) is 0 Å². The molecule has 1 amide bonds. The molecule has 0 spiro atoms. The fourth-order valence-corrected chi connectivity index (χ4v) is 5.26. The molecular weight excluding hydrogens is 438 g/mol. The quantitative estimate of drug-likeness (QED) is 0.560. The molecule has 6 nitrogen and oxygen atoms in total. The van der Waals surface area contributed by atoms with Crippen molar-refractivity contribution in [2.24, 2.45) is 0 Å². The summed E-state index contributed by atoms with van der Waals surface area (Å²) >= 11 is 0. The van der Waals surface area contributed by atoms with E-state index in [1.54, 1.807) is 60.7 Å². The van der Waals surface area contributed by atoms with E-state index in [9.17, 15) is 22.0 Å². The van der Waals surface area contributed by atoms with Gasteiger partial charge in [0.05, 0.1) is 27.9 Å². The summed E-state index contributed by atoms with van der Waals surface area (Å²) in [5, 5.41) is 6.04. The van der Waals surface area contributed by atoms with Crippen LogP contribution in [0.1, 0.15) is 28.4 Å². The van der Waals surface area contributed by atoms with E-state index >= 15 is 0 Å². The van der Waals surface area contributed by atoms with Gasteiger partial charge in [-0.25, -0.2) is 8.42 Å². The highest BCUT2D eigenvalue weighted by Gasteiger charge is 2.31. The maximum Gasteiger partial charge on any atom is 0.387 e. The summed E-state index contributed by atoms with van der Waals surface area (Å²) in [4.78, 5) is 13.3. The van der Waals surface area contributed by atoms with Crippen molar-refractivity contribution in [3.63, 3.8) is 0 Å². The molecule has 1 atom stereocenters. The number of anilines is 2. The molecule has 166 valence electrons. The van der Waals surface area contributed by atoms with Crippen LogP contribution in [0.4, 0.5) is 20.2 Å². The standard InChI is InChI=1S/C23H20F2N2O4S/c24-23(25)31-16-11-9-15(10-12-16)26-19-7-3-1-6-18(19)22(28)27-20-13-14-32(29,30)21-8-4-2-5-17(20)21/h1-12,20,23,26H,13-14H2,(H,27,28). The first-order valence-electron chi connectivity index (χ1n) is 9.87. The zero-order valence-electron chi connectivity index (χ0n) is 16.8. The summed E-state index contributed by atoms with van der Waals surface area (Å²) < 4.78 is 53.7. The summed E-state index contributed by atoms with van der Waals surface area (Å²) in [6, 6.07) is 19.0. The third-order valence-electron chi connectivity index (χ3n) is 5.14. The van der Waals surface area contributed by atoms with Crippen LogP contribution < -0.4 is 15.4 Å². The van der Waals surface area contributed by atoms with E-state index in [2.05, 4.69) is 15.4 Å². The van der Waals surface area contributed by atoms with E-state index in [-0.39, 0.29) is 28.7 Å². The number of alkyl halides is 2. The smallest absolute Gasteiger partial charge is 0.387 e. The molecule has 1 unspecified atom stereocenters. The maximum absolute atomic E-state index is 13.1. The summed E-state index contributed by atoms with van der Waals surface area (Å²) in [7, 11) is -3.36. The van der Waals surface area contributed by atoms with Gasteiger partial charge >= 0.3 is 6.61 Å². The van der Waals surface area contributed by atoms with Gasteiger partial charge in [-0.2, -0.15) is 8.78 Å². The maximum atomic E-state index is 13.1. The number of halogens is 2. The fraction of sp³-hybridized carbons (Fsp3) is 0.174. The van der Waals surface area contributed by atoms with Crippen molar-refractivity contribution < 1.29 is 26.7 Å². The molecule has 0 aliphatic carbocycles. The fourth-order valence-electron chi connectivity index (χ4n) is 3.64. The minimum Gasteiger partial charge on any atom is -0.435 e. The number of hydrogen-bond donors (Lipinski definition) is 2. The van der Waals surface area contributed by atoms with Gasteiger partial charge in [-0.3, -0.25) is 4.79 Å². The van der Waals surface area contributed by atoms with Crippen molar-refractivity contribution in [3.05, 3.63) is 83.9 Å². The average molecular weight is 458 g/mol. The van der Waals surface area contributed by atoms with Gasteiger partial charge in [-0.05, 0) is 54.4 Å². The Kier molecular flexibility index (Phi) is 6.09. The lowest BCUT2D eigenvalue weighted by molar-refractivity contribution is -0.0498. The zero-order valence-corrected chi connectivity index (χ0v) is 17.6. The van der Waals surface area contributed by atoms with Crippen LogP contribution in [0.15, 0.2) is 77.7 Å². The number of para-hydroxylation sites is 1. The first kappa shape index (κ1) is 21.8. The van der Waals surface area contributed by atoms with Crippen molar-refractivity contribution in [2.75, 3.05) is 11.1 Å². The molecule has 0 fully saturated rings. The Labute approximate surface area is 184 Å². The number of carbonyl (C=O) groups is 1. The number of rotatable bonds is 6. The number of hydrogen-bond acceptors (Lipinski definition) is 5. The normalized spacial score (nSPS) is 16.8. The predicted molar refractivity (Wildman–Crippen MR) is 116 cm³/mol. The Morgan fingerprint density at radius 3 is 2.41 bits per heavy atom. The zero-order chi connectivity index (χ0) is 22.7. The number of nitrogens with one attached hydrogen (secondary N) is 2. The minimum atomic E-state index is -3.36. The summed E-state index contributed by atoms with van der Waals surface area (Å²) in [5.41, 5.74) is 2.05. The van der Waals surface area contributed by atoms with Gasteiger partial charge in [0, 0.05) is 5.69 Å². The molecule has 0 saturated carbocycles. The lowest BCUT2D eigenvalue weighted by atomic mass is 10.0. The van der Waals surface area contributed by atoms with E-state index < -0.39 is 22.5 Å². The van der Waals surface area contributed by atoms with E-state index in [1.807, 2.05) is 0 Å². The van der Waals surface area contributed by atoms with Crippen LogP contribution in [0.2, 0.25) is 0 Å². The highest BCUT2D eigenvalue weighted by atomic mass is 32.2. The van der Waals surface area contributed by atoms with Crippen LogP contribution in [-0.4, -0.2) is 26.7 Å². The van der Waals surface area contributed by atoms with Crippen LogP contribution in [0, 0.1) is 0 Å². The Hall–Kier alpha value is -3.46. The molecule has 1 heterocycles. The SMILES string of the molecule is O=C(NC1CCS(=O)(=O)c2ccccc21)c1ccccc1Nc1ccc(OC(F)F)cc1. The number of fused-ring (bicyclic) bond motifs is 1. The van der Waals surface area contributed by atoms with Crippen molar-refractivity contribution in [1.29, 1.82) is 0 Å². The van der Waals surface area contributed by atoms with Gasteiger partial charge < -0.3 is 15.4 Å². The van der Waals surface area contributed by atoms with Gasteiger partial charge in [0.15, 0.2) is 9.84 Å². The number of ether oxygens (including phenoxy) is 1. The Morgan fingerprint density at radius 1 is 0.969 bits per heavy atom. The molecular formula is C23H20F2N2O4S. The molecule has 32 heavy (non-hydrogen) atoms. The van der Waals surface area contributed by atoms with Crippen LogP contribution in [-0.2, 0) is 9.84 Å². The van der Waals surface area contributed by atoms with Crippen molar-refractivity contribution in [1.82, 2.24) is 5.32 Å². The highest BCUT2D eigenvalue weighted by molar-refractivity contribution is 7.91. The number of sulfone groups is 1. The van der Waals surface area contributed by atoms with Gasteiger partial charge in [0.2, 0.25) is 0 Å². The second-order valence-electron chi connectivity index (χ2n) is 7.24. The summed E-state index contributed by atoms with van der Waals surface area (Å²) in [6.07, 6.45) is 0.284. The first-order chi connectivity index (χ1) is 15.3. The van der Waals surface area contributed by atoms with Gasteiger partial charge in [-0.15, -0.1) is 0 Å². The van der Waals surface area contributed by atoms with E-state index in [0.717, 1.165) is 0 Å².